The Bertz CT molecular complexity index is 252. The van der Waals surface area contributed by atoms with E-state index in [1.165, 1.54) is 0 Å². The number of hydrogen-bond acceptors (Lipinski definition) is 2. The molecule has 2 atom stereocenters. The summed E-state index contributed by atoms with van der Waals surface area (Å²) in [6.07, 6.45) is 0. The van der Waals surface area contributed by atoms with Gasteiger partial charge >= 0.3 is 0 Å². The maximum absolute atomic E-state index is 10.4. The monoisotopic (exact) mass is 230 g/mol. The van der Waals surface area contributed by atoms with Crippen LogP contribution in [0.25, 0.3) is 0 Å². The smallest absolute Gasteiger partial charge is 0.221 e. The van der Waals surface area contributed by atoms with E-state index in [2.05, 4.69) is 0 Å². The van der Waals surface area contributed by atoms with Crippen molar-refractivity contribution in [1.82, 2.24) is 0 Å². The molecule has 0 aromatic heterocycles. The van der Waals surface area contributed by atoms with E-state index in [4.69, 9.17) is 10.00 Å². The number of aliphatic hydroxyl groups is 1. The number of aliphatic hydroxyl groups excluding tert-OH is 1. The molecule has 5 heteroatoms. The van der Waals surface area contributed by atoms with Crippen molar-refractivity contribution in [3.8, 4) is 0 Å². The second-order valence-corrected chi connectivity index (χ2v) is 3.37. The molecule has 0 saturated heterocycles. The molecule has 12 heavy (non-hydrogen) atoms. The van der Waals surface area contributed by atoms with Gasteiger partial charge in [-0.25, -0.2) is 0 Å². The topological polar surface area (TPSA) is 57.5 Å². The molecule has 2 unspecified atom stereocenters. The van der Waals surface area contributed by atoms with E-state index in [9.17, 15) is 4.57 Å². The van der Waals surface area contributed by atoms with Gasteiger partial charge in [-0.15, -0.1) is 0 Å². The van der Waals surface area contributed by atoms with Crippen LogP contribution in [0.2, 0.25) is 0 Å². The molecule has 0 bridgehead atoms. The largest absolute Gasteiger partial charge is 0.378 e. The van der Waals surface area contributed by atoms with Crippen molar-refractivity contribution >= 4 is 8.03 Å². The second kappa shape index (κ2) is 5.50. The summed E-state index contributed by atoms with van der Waals surface area (Å²) >= 11 is 0. The molecular formula is C7H9NiO3P. The predicted octanol–water partition coefficient (Wildman–Crippen LogP) is 1.14. The summed E-state index contributed by atoms with van der Waals surface area (Å²) in [5.74, 6) is -1.22. The van der Waals surface area contributed by atoms with Crippen molar-refractivity contribution in [3.63, 3.8) is 0 Å². The predicted molar refractivity (Wildman–Crippen MR) is 42.6 cm³/mol. The molecule has 0 fully saturated rings. The summed E-state index contributed by atoms with van der Waals surface area (Å²) in [5, 5.41) is 9.08. The third-order valence-corrected chi connectivity index (χ3v) is 2.15. The molecule has 0 aliphatic rings. The van der Waals surface area contributed by atoms with Crippen LogP contribution in [0, 0.1) is 0 Å². The Morgan fingerprint density at radius 2 is 1.75 bits per heavy atom. The van der Waals surface area contributed by atoms with Gasteiger partial charge in [-0.05, 0) is 5.56 Å². The van der Waals surface area contributed by atoms with E-state index in [0.717, 1.165) is 0 Å². The van der Waals surface area contributed by atoms with Crippen LogP contribution in [-0.4, -0.2) is 10.00 Å². The molecule has 1 aromatic rings. The quantitative estimate of drug-likeness (QED) is 0.592. The summed E-state index contributed by atoms with van der Waals surface area (Å²) in [6, 6.07) is 8.43. The van der Waals surface area contributed by atoms with Gasteiger partial charge in [0.25, 0.3) is 0 Å². The second-order valence-electron chi connectivity index (χ2n) is 2.15. The summed E-state index contributed by atoms with van der Waals surface area (Å²) in [7, 11) is -2.86. The summed E-state index contributed by atoms with van der Waals surface area (Å²) in [4.78, 5) is 8.57. The van der Waals surface area contributed by atoms with Crippen molar-refractivity contribution in [2.24, 2.45) is 0 Å². The van der Waals surface area contributed by atoms with Crippen LogP contribution in [0.1, 0.15) is 11.4 Å². The van der Waals surface area contributed by atoms with Gasteiger partial charge in [-0.3, -0.25) is 4.57 Å². The fraction of sp³-hybridized carbons (Fsp3) is 0.143. The minimum absolute atomic E-state index is 0. The Morgan fingerprint density at radius 1 is 1.25 bits per heavy atom. The van der Waals surface area contributed by atoms with E-state index in [1.807, 2.05) is 0 Å². The summed E-state index contributed by atoms with van der Waals surface area (Å²) in [6.45, 7) is 0. The van der Waals surface area contributed by atoms with Crippen LogP contribution < -0.4 is 0 Å². The van der Waals surface area contributed by atoms with Crippen molar-refractivity contribution < 1.29 is 31.1 Å². The third kappa shape index (κ3) is 3.08. The Hall–Kier alpha value is -0.136. The molecule has 0 spiro atoms. The zero-order chi connectivity index (χ0) is 8.27. The molecule has 70 valence electrons. The maximum atomic E-state index is 10.4. The van der Waals surface area contributed by atoms with Crippen LogP contribution in [0.15, 0.2) is 30.3 Å². The number of rotatable bonds is 2. The van der Waals surface area contributed by atoms with E-state index in [0.29, 0.717) is 5.56 Å². The molecule has 2 N–H and O–H groups in total. The first-order valence-corrected chi connectivity index (χ1v) is 4.61. The Morgan fingerprint density at radius 3 is 2.17 bits per heavy atom. The van der Waals surface area contributed by atoms with E-state index >= 15 is 0 Å². The fourth-order valence-corrected chi connectivity index (χ4v) is 1.26. The van der Waals surface area contributed by atoms with E-state index in [1.54, 1.807) is 30.3 Å². The summed E-state index contributed by atoms with van der Waals surface area (Å²) < 4.78 is 10.4. The summed E-state index contributed by atoms with van der Waals surface area (Å²) in [5.41, 5.74) is 0.485. The normalized spacial score (nSPS) is 14.5. The zero-order valence-corrected chi connectivity index (χ0v) is 8.07. The van der Waals surface area contributed by atoms with Gasteiger partial charge in [0.1, 0.15) is 0 Å². The SMILES string of the molecule is O=[PH](O)C(O)c1ccccc1.[Ni]. The number of benzene rings is 1. The maximum Gasteiger partial charge on any atom is 0.221 e. The van der Waals surface area contributed by atoms with Crippen molar-refractivity contribution in [1.29, 1.82) is 0 Å². The zero-order valence-electron chi connectivity index (χ0n) is 6.08. The van der Waals surface area contributed by atoms with Gasteiger partial charge in [-0.2, -0.15) is 0 Å². The minimum atomic E-state index is -2.86. The number of hydrogen-bond donors (Lipinski definition) is 2. The fourth-order valence-electron chi connectivity index (χ4n) is 0.778. The van der Waals surface area contributed by atoms with Gasteiger partial charge in [0.15, 0.2) is 5.85 Å². The third-order valence-electron chi connectivity index (χ3n) is 1.35. The van der Waals surface area contributed by atoms with Crippen LogP contribution in [0.3, 0.4) is 0 Å². The molecular weight excluding hydrogens is 222 g/mol. The van der Waals surface area contributed by atoms with Crippen LogP contribution in [-0.2, 0) is 21.1 Å². The average Bonchev–Trinajstić information content (AvgIpc) is 2.05. The molecule has 0 radical (unpaired) electrons. The molecule has 0 aliphatic carbocycles. The average molecular weight is 231 g/mol. The van der Waals surface area contributed by atoms with Crippen molar-refractivity contribution in [2.75, 3.05) is 0 Å². The molecule has 1 rings (SSSR count). The van der Waals surface area contributed by atoms with Crippen LogP contribution >= 0.6 is 8.03 Å². The van der Waals surface area contributed by atoms with Gasteiger partial charge in [0.05, 0.1) is 0 Å². The van der Waals surface area contributed by atoms with Gasteiger partial charge in [-0.1, -0.05) is 30.3 Å². The first kappa shape index (κ1) is 11.9. The standard InChI is InChI=1S/C7H9O3P.Ni/c8-7(11(9)10)6-4-2-1-3-5-6;/h1-5,7-8,11H,(H,9,10);. The van der Waals surface area contributed by atoms with Crippen LogP contribution in [0.4, 0.5) is 0 Å². The Balaban J connectivity index is 0.00000121. The van der Waals surface area contributed by atoms with E-state index in [-0.39, 0.29) is 16.5 Å². The Labute approximate surface area is 81.2 Å². The molecule has 3 nitrogen and oxygen atoms in total. The molecule has 0 saturated carbocycles. The van der Waals surface area contributed by atoms with Crippen LogP contribution in [0.5, 0.6) is 0 Å². The minimum Gasteiger partial charge on any atom is -0.378 e. The van der Waals surface area contributed by atoms with Gasteiger partial charge in [0.2, 0.25) is 8.03 Å². The first-order chi connectivity index (χ1) is 5.22. The molecule has 1 aromatic carbocycles. The molecule has 0 heterocycles. The van der Waals surface area contributed by atoms with E-state index < -0.39 is 13.9 Å². The van der Waals surface area contributed by atoms with Crippen molar-refractivity contribution in [2.45, 2.75) is 5.85 Å². The van der Waals surface area contributed by atoms with Gasteiger partial charge in [0, 0.05) is 16.5 Å². The molecule has 0 amide bonds. The van der Waals surface area contributed by atoms with Gasteiger partial charge < -0.3 is 10.00 Å². The Kier molecular flexibility index (Phi) is 5.44. The first-order valence-electron chi connectivity index (χ1n) is 3.17. The molecule has 0 aliphatic heterocycles. The van der Waals surface area contributed by atoms with Crippen molar-refractivity contribution in [3.05, 3.63) is 35.9 Å².